The summed E-state index contributed by atoms with van der Waals surface area (Å²) in [6.45, 7) is 0.691. The van der Waals surface area contributed by atoms with E-state index in [2.05, 4.69) is 4.98 Å². The molecule has 0 saturated carbocycles. The van der Waals surface area contributed by atoms with E-state index in [4.69, 9.17) is 5.10 Å². The van der Waals surface area contributed by atoms with E-state index in [9.17, 15) is 36.2 Å². The molecule has 1 aliphatic heterocycles. The second-order valence-corrected chi connectivity index (χ2v) is 11.2. The van der Waals surface area contributed by atoms with Gasteiger partial charge in [0, 0.05) is 24.6 Å². The molecule has 3 heterocycles. The molecule has 2 aromatic carbocycles. The molecule has 6 rings (SSSR count). The second kappa shape index (κ2) is 11.4. The average Bonchev–Trinajstić information content (AvgIpc) is 3.35. The number of piperidine rings is 1. The number of anilines is 1. The first-order chi connectivity index (χ1) is 20.9. The molecule has 12 heteroatoms. The van der Waals surface area contributed by atoms with Gasteiger partial charge in [-0.1, -0.05) is 60.7 Å². The highest BCUT2D eigenvalue weighted by molar-refractivity contribution is 5.88. The van der Waals surface area contributed by atoms with Crippen LogP contribution in [-0.4, -0.2) is 51.0 Å². The molecule has 1 aliphatic carbocycles. The van der Waals surface area contributed by atoms with E-state index >= 15 is 0 Å². The minimum atomic E-state index is -4.91. The summed E-state index contributed by atoms with van der Waals surface area (Å²) in [5.41, 5.74) is 1.17. The Morgan fingerprint density at radius 2 is 1.43 bits per heavy atom. The zero-order chi connectivity index (χ0) is 31.2. The summed E-state index contributed by atoms with van der Waals surface area (Å²) < 4.78 is 84.3. The van der Waals surface area contributed by atoms with Crippen LogP contribution >= 0.6 is 0 Å². The van der Waals surface area contributed by atoms with Gasteiger partial charge in [-0.05, 0) is 36.1 Å². The molecule has 4 aromatic rings. The number of pyridine rings is 1. The molecule has 2 aromatic heterocycles. The molecule has 0 unspecified atom stereocenters. The van der Waals surface area contributed by atoms with Crippen LogP contribution in [0.25, 0.3) is 0 Å². The van der Waals surface area contributed by atoms with Crippen molar-refractivity contribution in [1.29, 1.82) is 0 Å². The number of aliphatic hydroxyl groups is 1. The summed E-state index contributed by atoms with van der Waals surface area (Å²) in [7, 11) is 0. The maximum absolute atomic E-state index is 14.6. The normalized spacial score (nSPS) is 19.8. The maximum atomic E-state index is 14.6. The number of carbonyl (C=O) groups excluding carboxylic acids is 1. The Kier molecular flexibility index (Phi) is 7.73. The van der Waals surface area contributed by atoms with Gasteiger partial charge in [-0.25, -0.2) is 4.98 Å². The van der Waals surface area contributed by atoms with Crippen LogP contribution in [0, 0.1) is 0 Å². The van der Waals surface area contributed by atoms with Gasteiger partial charge < -0.3 is 10.0 Å². The first-order valence-corrected chi connectivity index (χ1v) is 14.2. The largest absolute Gasteiger partial charge is 0.433 e. The number of alkyl halides is 6. The first kappa shape index (κ1) is 29.9. The number of rotatable bonds is 5. The van der Waals surface area contributed by atoms with Gasteiger partial charge >= 0.3 is 12.4 Å². The highest BCUT2D eigenvalue weighted by Crippen LogP contribution is 2.48. The molecule has 44 heavy (non-hydrogen) atoms. The van der Waals surface area contributed by atoms with E-state index < -0.39 is 54.2 Å². The van der Waals surface area contributed by atoms with Gasteiger partial charge in [0.15, 0.2) is 5.78 Å². The van der Waals surface area contributed by atoms with E-state index in [1.54, 1.807) is 0 Å². The average molecular weight is 615 g/mol. The van der Waals surface area contributed by atoms with Gasteiger partial charge in [-0.15, -0.1) is 0 Å². The van der Waals surface area contributed by atoms with Crippen LogP contribution in [0.15, 0.2) is 79.0 Å². The van der Waals surface area contributed by atoms with Crippen LogP contribution in [0.4, 0.5) is 32.0 Å². The molecule has 0 spiro atoms. The number of halogens is 6. The highest BCUT2D eigenvalue weighted by atomic mass is 19.4. The summed E-state index contributed by atoms with van der Waals surface area (Å²) in [4.78, 5) is 18.2. The molecule has 2 atom stereocenters. The van der Waals surface area contributed by atoms with Crippen molar-refractivity contribution in [1.82, 2.24) is 14.8 Å². The Morgan fingerprint density at radius 1 is 0.841 bits per heavy atom. The zero-order valence-corrected chi connectivity index (χ0v) is 23.3. The minimum absolute atomic E-state index is 0.129. The topological polar surface area (TPSA) is 71.2 Å². The highest BCUT2D eigenvalue weighted by Gasteiger charge is 2.54. The fourth-order valence-electron chi connectivity index (χ4n) is 6.39. The lowest BCUT2D eigenvalue weighted by molar-refractivity contribution is -0.179. The molecule has 0 bridgehead atoms. The quantitative estimate of drug-likeness (QED) is 0.262. The second-order valence-electron chi connectivity index (χ2n) is 11.2. The molecule has 1 N–H and O–H groups in total. The number of hydrogen-bond acceptors (Lipinski definition) is 5. The van der Waals surface area contributed by atoms with Crippen molar-refractivity contribution in [3.05, 3.63) is 113 Å². The Morgan fingerprint density at radius 3 is 1.93 bits per heavy atom. The van der Waals surface area contributed by atoms with Crippen molar-refractivity contribution < 1.29 is 36.2 Å². The monoisotopic (exact) mass is 614 g/mol. The fraction of sp³-hybridized carbons (Fsp3) is 0.344. The lowest BCUT2D eigenvalue weighted by Gasteiger charge is -2.35. The van der Waals surface area contributed by atoms with Crippen molar-refractivity contribution in [2.75, 3.05) is 18.0 Å². The molecule has 0 radical (unpaired) electrons. The van der Waals surface area contributed by atoms with Crippen LogP contribution < -0.4 is 4.90 Å². The van der Waals surface area contributed by atoms with Crippen LogP contribution in [0.1, 0.15) is 64.5 Å². The first-order valence-electron chi connectivity index (χ1n) is 14.2. The molecule has 230 valence electrons. The van der Waals surface area contributed by atoms with Crippen LogP contribution in [-0.2, 0) is 17.4 Å². The summed E-state index contributed by atoms with van der Waals surface area (Å²) >= 11 is 0. The van der Waals surface area contributed by atoms with E-state index in [0.717, 1.165) is 23.4 Å². The maximum Gasteiger partial charge on any atom is 0.433 e. The molecular formula is C32H28F6N4O2. The van der Waals surface area contributed by atoms with Gasteiger partial charge in [-0.3, -0.25) is 9.48 Å². The number of fused-ring (bicyclic) bond motifs is 1. The van der Waals surface area contributed by atoms with Crippen molar-refractivity contribution in [2.24, 2.45) is 0 Å². The summed E-state index contributed by atoms with van der Waals surface area (Å²) in [6.07, 6.45) is -10.3. The number of nitrogens with zero attached hydrogens (tertiary/aromatic N) is 4. The fourth-order valence-corrected chi connectivity index (χ4v) is 6.39. The Hall–Kier alpha value is -4.19. The third-order valence-corrected chi connectivity index (χ3v) is 8.49. The van der Waals surface area contributed by atoms with Gasteiger partial charge in [0.2, 0.25) is 0 Å². The summed E-state index contributed by atoms with van der Waals surface area (Å²) in [6, 6.07) is 19.9. The number of ketones is 1. The Balaban J connectivity index is 1.42. The number of aliphatic hydroxyl groups excluding tert-OH is 1. The SMILES string of the molecule is O=C1Cc2c(c(C3CCN(c4ccc(C(F)(F)F)nc4)CC3)nn2C(c2ccccc2)c2ccccc2)[C@@H](C(F)(F)F)[C@H]1O. The van der Waals surface area contributed by atoms with E-state index in [0.29, 0.717) is 31.6 Å². The third kappa shape index (κ3) is 5.58. The third-order valence-electron chi connectivity index (χ3n) is 8.49. The standard InChI is InChI=1S/C32H28F6N4O2/c33-31(34,35)25-12-11-22(18-39-25)41-15-13-19(14-16-41)28-26-23(17-24(43)30(44)27(26)32(36,37)38)42(40-28)29(20-7-3-1-4-8-20)21-9-5-2-6-10-21/h1-12,18-19,27,29-30,44H,13-17H2/t27-,30+/m1/s1. The van der Waals surface area contributed by atoms with E-state index in [1.165, 1.54) is 10.7 Å². The number of carbonyl (C=O) groups is 1. The number of hydrogen-bond donors (Lipinski definition) is 1. The number of benzene rings is 2. The minimum Gasteiger partial charge on any atom is -0.384 e. The Labute approximate surface area is 249 Å². The lowest BCUT2D eigenvalue weighted by Crippen LogP contribution is -2.43. The van der Waals surface area contributed by atoms with Crippen LogP contribution in [0.3, 0.4) is 0 Å². The van der Waals surface area contributed by atoms with E-state index in [1.807, 2.05) is 65.6 Å². The van der Waals surface area contributed by atoms with Crippen LogP contribution in [0.5, 0.6) is 0 Å². The molecule has 6 nitrogen and oxygen atoms in total. The van der Waals surface area contributed by atoms with Gasteiger partial charge in [0.05, 0.1) is 29.7 Å². The number of Topliss-reactive ketones (excluding diaryl/α,β-unsaturated/α-hetero) is 1. The molecular weight excluding hydrogens is 586 g/mol. The number of aromatic nitrogens is 3. The van der Waals surface area contributed by atoms with Gasteiger partial charge in [0.25, 0.3) is 0 Å². The summed E-state index contributed by atoms with van der Waals surface area (Å²) in [5, 5.41) is 15.4. The van der Waals surface area contributed by atoms with Crippen molar-refractivity contribution in [2.45, 2.75) is 55.6 Å². The smallest absolute Gasteiger partial charge is 0.384 e. The van der Waals surface area contributed by atoms with Crippen LogP contribution in [0.2, 0.25) is 0 Å². The van der Waals surface area contributed by atoms with Gasteiger partial charge in [0.1, 0.15) is 23.8 Å². The molecule has 1 fully saturated rings. The van der Waals surface area contributed by atoms with Crippen molar-refractivity contribution in [3.63, 3.8) is 0 Å². The molecule has 2 aliphatic rings. The summed E-state index contributed by atoms with van der Waals surface area (Å²) in [5.74, 6) is -3.79. The molecule has 0 amide bonds. The predicted octanol–water partition coefficient (Wildman–Crippen LogP) is 6.45. The Bertz CT molecular complexity index is 1570. The van der Waals surface area contributed by atoms with Crippen molar-refractivity contribution in [3.8, 4) is 0 Å². The van der Waals surface area contributed by atoms with Gasteiger partial charge in [-0.2, -0.15) is 31.4 Å². The lowest BCUT2D eigenvalue weighted by atomic mass is 9.78. The predicted molar refractivity (Wildman–Crippen MR) is 149 cm³/mol. The van der Waals surface area contributed by atoms with E-state index in [-0.39, 0.29) is 17.0 Å². The van der Waals surface area contributed by atoms with Crippen molar-refractivity contribution >= 4 is 11.5 Å². The molecule has 1 saturated heterocycles. The zero-order valence-electron chi connectivity index (χ0n) is 23.3.